The Balaban J connectivity index is 1.44. The van der Waals surface area contributed by atoms with Crippen molar-refractivity contribution in [3.63, 3.8) is 0 Å². The average Bonchev–Trinajstić information content (AvgIpc) is 3.20. The van der Waals surface area contributed by atoms with Crippen LogP contribution in [0.15, 0.2) is 36.0 Å². The van der Waals surface area contributed by atoms with Crippen molar-refractivity contribution >= 4 is 51.5 Å². The molecule has 0 bridgehead atoms. The zero-order valence-electron chi connectivity index (χ0n) is 17.4. The van der Waals surface area contributed by atoms with Gasteiger partial charge in [-0.3, -0.25) is 9.59 Å². The van der Waals surface area contributed by atoms with Gasteiger partial charge in [0.15, 0.2) is 6.61 Å². The van der Waals surface area contributed by atoms with Crippen LogP contribution in [0.4, 0.5) is 5.82 Å². The number of nitrogens with two attached hydrogens (primary N) is 1. The number of ether oxygens (including phenoxy) is 2. The van der Waals surface area contributed by atoms with Gasteiger partial charge in [-0.25, -0.2) is 9.97 Å². The van der Waals surface area contributed by atoms with Crippen LogP contribution in [0.25, 0.3) is 10.9 Å². The third-order valence-electron chi connectivity index (χ3n) is 5.24. The van der Waals surface area contributed by atoms with E-state index in [4.69, 9.17) is 26.8 Å². The van der Waals surface area contributed by atoms with Crippen molar-refractivity contribution in [2.75, 3.05) is 39.1 Å². The summed E-state index contributed by atoms with van der Waals surface area (Å²) in [5, 5.41) is 2.50. The Kier molecular flexibility index (Phi) is 6.73. The lowest BCUT2D eigenvalue weighted by Crippen LogP contribution is -2.60. The van der Waals surface area contributed by atoms with E-state index in [1.165, 1.54) is 29.7 Å². The van der Waals surface area contributed by atoms with Gasteiger partial charge in [-0.05, 0) is 17.7 Å². The number of fused-ring (bicyclic) bond motifs is 1. The fourth-order valence-electron chi connectivity index (χ4n) is 3.65. The van der Waals surface area contributed by atoms with Crippen molar-refractivity contribution in [1.29, 1.82) is 0 Å². The van der Waals surface area contributed by atoms with Crippen LogP contribution < -0.4 is 10.5 Å². The van der Waals surface area contributed by atoms with Gasteiger partial charge < -0.3 is 25.0 Å². The van der Waals surface area contributed by atoms with Gasteiger partial charge >= 0.3 is 0 Å². The molecule has 32 heavy (non-hydrogen) atoms. The van der Waals surface area contributed by atoms with Crippen molar-refractivity contribution in [3.8, 4) is 5.75 Å². The fraction of sp³-hybridized carbons (Fsp3) is 0.333. The normalized spacial score (nSPS) is 16.6. The molecular formula is C21H22ClN5O4S. The molecule has 2 amide bonds. The summed E-state index contributed by atoms with van der Waals surface area (Å²) in [5.74, 6) is 0.492. The standard InChI is InChI=1S/C21H22ClN5O4S/c1-30-9-17-21(29)26(8-13-2-3-15-16(6-13)24-12-25-20(15)23)4-5-27(17)19(28)10-31-14-7-18(22)32-11-14/h2-3,6-7,11-12,17H,4-5,8-10H2,1H3,(H2,23,24,25)/t17-/m0/s1. The minimum atomic E-state index is -0.714. The number of aromatic nitrogens is 2. The van der Waals surface area contributed by atoms with E-state index in [-0.39, 0.29) is 25.0 Å². The smallest absolute Gasteiger partial charge is 0.261 e. The molecule has 11 heteroatoms. The molecule has 0 unspecified atom stereocenters. The van der Waals surface area contributed by atoms with Crippen LogP contribution in [-0.4, -0.2) is 71.0 Å². The maximum atomic E-state index is 13.2. The first-order valence-corrected chi connectivity index (χ1v) is 11.1. The van der Waals surface area contributed by atoms with Crippen molar-refractivity contribution in [2.24, 2.45) is 0 Å². The Morgan fingerprint density at radius 1 is 1.31 bits per heavy atom. The molecule has 2 aromatic heterocycles. The van der Waals surface area contributed by atoms with E-state index in [9.17, 15) is 9.59 Å². The number of carbonyl (C=O) groups excluding carboxylic acids is 2. The molecule has 0 spiro atoms. The van der Waals surface area contributed by atoms with E-state index in [1.807, 2.05) is 18.2 Å². The number of rotatable bonds is 7. The second-order valence-corrected chi connectivity index (χ2v) is 8.85. The van der Waals surface area contributed by atoms with E-state index in [2.05, 4.69) is 9.97 Å². The lowest BCUT2D eigenvalue weighted by atomic mass is 10.1. The first-order valence-electron chi connectivity index (χ1n) is 9.89. The number of anilines is 1. The summed E-state index contributed by atoms with van der Waals surface area (Å²) >= 11 is 7.22. The number of hydrogen-bond acceptors (Lipinski definition) is 8. The van der Waals surface area contributed by atoms with Gasteiger partial charge in [0.1, 0.15) is 23.9 Å². The highest BCUT2D eigenvalue weighted by Crippen LogP contribution is 2.26. The van der Waals surface area contributed by atoms with Crippen molar-refractivity contribution in [1.82, 2.24) is 19.8 Å². The molecule has 1 saturated heterocycles. The summed E-state index contributed by atoms with van der Waals surface area (Å²) in [5.41, 5.74) is 7.52. The first kappa shape index (κ1) is 22.3. The number of methoxy groups -OCH3 is 1. The Hall–Kier alpha value is -2.95. The van der Waals surface area contributed by atoms with Gasteiger partial charge in [0.25, 0.3) is 5.91 Å². The summed E-state index contributed by atoms with van der Waals surface area (Å²) in [6.45, 7) is 1.11. The third-order valence-corrected chi connectivity index (χ3v) is 6.31. The number of benzene rings is 1. The van der Waals surface area contributed by atoms with Crippen LogP contribution in [0.3, 0.4) is 0 Å². The monoisotopic (exact) mass is 475 g/mol. The van der Waals surface area contributed by atoms with E-state index in [1.54, 1.807) is 16.3 Å². The molecule has 1 atom stereocenters. The van der Waals surface area contributed by atoms with Gasteiger partial charge in [-0.1, -0.05) is 17.7 Å². The molecule has 3 aromatic rings. The van der Waals surface area contributed by atoms with Crippen LogP contribution in [0.1, 0.15) is 5.56 Å². The highest BCUT2D eigenvalue weighted by atomic mass is 35.5. The summed E-state index contributed by atoms with van der Waals surface area (Å²) in [6.07, 6.45) is 1.41. The molecule has 1 aromatic carbocycles. The van der Waals surface area contributed by atoms with E-state index < -0.39 is 6.04 Å². The highest BCUT2D eigenvalue weighted by molar-refractivity contribution is 7.14. The number of piperazine rings is 1. The predicted molar refractivity (Wildman–Crippen MR) is 122 cm³/mol. The van der Waals surface area contributed by atoms with E-state index in [0.717, 1.165) is 16.5 Å². The summed E-state index contributed by atoms with van der Waals surface area (Å²) in [4.78, 5) is 37.4. The van der Waals surface area contributed by atoms with E-state index in [0.29, 0.717) is 35.5 Å². The molecule has 3 heterocycles. The number of nitrogens with zero attached hydrogens (tertiary/aromatic N) is 4. The van der Waals surface area contributed by atoms with Gasteiger partial charge in [0.2, 0.25) is 5.91 Å². The molecule has 0 saturated carbocycles. The number of halogens is 1. The number of carbonyl (C=O) groups is 2. The van der Waals surface area contributed by atoms with Crippen molar-refractivity contribution in [2.45, 2.75) is 12.6 Å². The van der Waals surface area contributed by atoms with Gasteiger partial charge in [0, 0.05) is 43.6 Å². The average molecular weight is 476 g/mol. The van der Waals surface area contributed by atoms with E-state index >= 15 is 0 Å². The quantitative estimate of drug-likeness (QED) is 0.557. The minimum Gasteiger partial charge on any atom is -0.483 e. The summed E-state index contributed by atoms with van der Waals surface area (Å²) in [7, 11) is 1.51. The SMILES string of the molecule is COC[C@H]1C(=O)N(Cc2ccc3c(N)ncnc3c2)CCN1C(=O)COc1csc(Cl)c1. The van der Waals surface area contributed by atoms with Gasteiger partial charge in [-0.15, -0.1) is 11.3 Å². The summed E-state index contributed by atoms with van der Waals surface area (Å²) in [6, 6.07) is 6.58. The Bertz CT molecular complexity index is 1140. The van der Waals surface area contributed by atoms with Gasteiger partial charge in [0.05, 0.1) is 16.5 Å². The molecule has 4 rings (SSSR count). The van der Waals surface area contributed by atoms with Crippen LogP contribution in [0.5, 0.6) is 5.75 Å². The molecular weight excluding hydrogens is 454 g/mol. The second kappa shape index (κ2) is 9.68. The lowest BCUT2D eigenvalue weighted by Gasteiger charge is -2.40. The topological polar surface area (TPSA) is 111 Å². The second-order valence-electron chi connectivity index (χ2n) is 7.30. The molecule has 1 fully saturated rings. The first-order chi connectivity index (χ1) is 15.5. The maximum absolute atomic E-state index is 13.2. The molecule has 0 radical (unpaired) electrons. The molecule has 1 aliphatic rings. The number of nitrogen functional groups attached to an aromatic ring is 1. The zero-order valence-corrected chi connectivity index (χ0v) is 18.9. The van der Waals surface area contributed by atoms with Crippen LogP contribution >= 0.6 is 22.9 Å². The Morgan fingerprint density at radius 2 is 2.16 bits per heavy atom. The number of amides is 2. The minimum absolute atomic E-state index is 0.104. The van der Waals surface area contributed by atoms with Crippen LogP contribution in [-0.2, 0) is 20.9 Å². The molecule has 168 valence electrons. The molecule has 9 nitrogen and oxygen atoms in total. The fourth-order valence-corrected chi connectivity index (χ4v) is 4.44. The third kappa shape index (κ3) is 4.77. The lowest BCUT2D eigenvalue weighted by molar-refractivity contribution is -0.155. The number of thiophene rings is 1. The van der Waals surface area contributed by atoms with Crippen molar-refractivity contribution < 1.29 is 19.1 Å². The number of hydrogen-bond donors (Lipinski definition) is 1. The maximum Gasteiger partial charge on any atom is 0.261 e. The molecule has 0 aliphatic carbocycles. The Morgan fingerprint density at radius 3 is 2.91 bits per heavy atom. The Labute approximate surface area is 193 Å². The molecule has 2 N–H and O–H groups in total. The highest BCUT2D eigenvalue weighted by Gasteiger charge is 2.37. The largest absolute Gasteiger partial charge is 0.483 e. The molecule has 1 aliphatic heterocycles. The van der Waals surface area contributed by atoms with Crippen LogP contribution in [0, 0.1) is 0 Å². The van der Waals surface area contributed by atoms with Crippen molar-refractivity contribution in [3.05, 3.63) is 45.9 Å². The predicted octanol–water partition coefficient (Wildman–Crippen LogP) is 2.19. The van der Waals surface area contributed by atoms with Crippen LogP contribution in [0.2, 0.25) is 4.34 Å². The summed E-state index contributed by atoms with van der Waals surface area (Å²) < 4.78 is 11.3. The van der Waals surface area contributed by atoms with Gasteiger partial charge in [-0.2, -0.15) is 0 Å². The zero-order chi connectivity index (χ0) is 22.7.